The minimum atomic E-state index is -0.475. The molecule has 1 saturated carbocycles. The fraction of sp³-hybridized carbons (Fsp3) is 0.867. The number of nitrogens with zero attached hydrogens (tertiary/aromatic N) is 1. The van der Waals surface area contributed by atoms with Crippen molar-refractivity contribution in [1.82, 2.24) is 4.90 Å². The van der Waals surface area contributed by atoms with Crippen LogP contribution in [0.5, 0.6) is 0 Å². The molecular formula is C15H25NO3. The number of hydrogen-bond acceptors (Lipinski definition) is 3. The van der Waals surface area contributed by atoms with E-state index in [2.05, 4.69) is 20.8 Å². The average molecular weight is 267 g/mol. The van der Waals surface area contributed by atoms with Crippen LogP contribution >= 0.6 is 0 Å². The molecule has 2 fully saturated rings. The van der Waals surface area contributed by atoms with Gasteiger partial charge in [-0.05, 0) is 26.2 Å². The number of carbonyl (C=O) groups is 2. The lowest BCUT2D eigenvalue weighted by atomic mass is 9.52. The molecule has 19 heavy (non-hydrogen) atoms. The second-order valence-electron chi connectivity index (χ2n) is 8.13. The molecule has 2 rings (SSSR count). The van der Waals surface area contributed by atoms with Crippen molar-refractivity contribution < 1.29 is 14.3 Å². The third-order valence-electron chi connectivity index (χ3n) is 3.92. The van der Waals surface area contributed by atoms with E-state index >= 15 is 0 Å². The molecule has 1 heterocycles. The van der Waals surface area contributed by atoms with Gasteiger partial charge in [-0.25, -0.2) is 4.79 Å². The zero-order valence-electron chi connectivity index (χ0n) is 12.9. The Balaban J connectivity index is 2.11. The molecule has 0 aromatic carbocycles. The second-order valence-corrected chi connectivity index (χ2v) is 8.13. The summed E-state index contributed by atoms with van der Waals surface area (Å²) >= 11 is 0. The van der Waals surface area contributed by atoms with Gasteiger partial charge < -0.3 is 9.64 Å². The molecule has 4 heteroatoms. The quantitative estimate of drug-likeness (QED) is 0.678. The highest BCUT2D eigenvalue weighted by molar-refractivity contribution is 5.88. The van der Waals surface area contributed by atoms with Gasteiger partial charge in [0.25, 0.3) is 0 Å². The molecule has 108 valence electrons. The minimum Gasteiger partial charge on any atom is -0.444 e. The third kappa shape index (κ3) is 2.49. The van der Waals surface area contributed by atoms with Crippen LogP contribution in [0.15, 0.2) is 0 Å². The topological polar surface area (TPSA) is 46.6 Å². The summed E-state index contributed by atoms with van der Waals surface area (Å²) in [4.78, 5) is 25.4. The first-order chi connectivity index (χ1) is 8.45. The van der Waals surface area contributed by atoms with Gasteiger partial charge in [-0.1, -0.05) is 20.8 Å². The van der Waals surface area contributed by atoms with Crippen molar-refractivity contribution >= 4 is 11.9 Å². The van der Waals surface area contributed by atoms with E-state index in [1.807, 2.05) is 20.8 Å². The summed E-state index contributed by atoms with van der Waals surface area (Å²) in [6, 6.07) is 0.104. The van der Waals surface area contributed by atoms with Gasteiger partial charge in [0.2, 0.25) is 0 Å². The molecule has 1 aliphatic heterocycles. The van der Waals surface area contributed by atoms with E-state index < -0.39 is 5.60 Å². The Kier molecular flexibility index (Phi) is 3.00. The maximum Gasteiger partial charge on any atom is 0.410 e. The maximum atomic E-state index is 12.2. The number of ketones is 1. The Hall–Kier alpha value is -1.06. The van der Waals surface area contributed by atoms with Crippen molar-refractivity contribution in [3.05, 3.63) is 0 Å². The number of Topliss-reactive ketones (excluding diaryl/α,β-unsaturated/α-hetero) is 1. The van der Waals surface area contributed by atoms with Gasteiger partial charge in [-0.3, -0.25) is 4.79 Å². The lowest BCUT2D eigenvalue weighted by molar-refractivity contribution is -0.173. The lowest BCUT2D eigenvalue weighted by Gasteiger charge is -2.65. The molecule has 2 aliphatic rings. The van der Waals surface area contributed by atoms with E-state index in [-0.39, 0.29) is 23.0 Å². The van der Waals surface area contributed by atoms with Crippen molar-refractivity contribution in [3.63, 3.8) is 0 Å². The Morgan fingerprint density at radius 2 is 1.74 bits per heavy atom. The fourth-order valence-corrected chi connectivity index (χ4v) is 3.65. The smallest absolute Gasteiger partial charge is 0.410 e. The van der Waals surface area contributed by atoms with Gasteiger partial charge in [0.1, 0.15) is 11.4 Å². The van der Waals surface area contributed by atoms with E-state index in [1.165, 1.54) is 0 Å². The van der Waals surface area contributed by atoms with Crippen molar-refractivity contribution in [3.8, 4) is 0 Å². The number of likely N-dealkylation sites (tertiary alicyclic amines) is 1. The molecule has 0 aromatic rings. The molecule has 1 unspecified atom stereocenters. The van der Waals surface area contributed by atoms with Crippen molar-refractivity contribution in [2.24, 2.45) is 10.8 Å². The highest BCUT2D eigenvalue weighted by Crippen LogP contribution is 2.56. The van der Waals surface area contributed by atoms with Crippen LogP contribution in [-0.2, 0) is 9.53 Å². The molecule has 1 amide bonds. The molecule has 1 spiro atoms. The zero-order chi connectivity index (χ0) is 14.6. The van der Waals surface area contributed by atoms with Crippen LogP contribution in [0.1, 0.15) is 54.4 Å². The summed E-state index contributed by atoms with van der Waals surface area (Å²) in [6.45, 7) is 12.7. The normalized spacial score (nSPS) is 25.9. The average Bonchev–Trinajstić information content (AvgIpc) is 2.02. The van der Waals surface area contributed by atoms with Gasteiger partial charge in [-0.15, -0.1) is 0 Å². The summed E-state index contributed by atoms with van der Waals surface area (Å²) < 4.78 is 5.46. The Morgan fingerprint density at radius 3 is 2.11 bits per heavy atom. The van der Waals surface area contributed by atoms with Crippen molar-refractivity contribution in [2.75, 3.05) is 6.54 Å². The Bertz CT molecular complexity index is 406. The van der Waals surface area contributed by atoms with Crippen LogP contribution < -0.4 is 0 Å². The van der Waals surface area contributed by atoms with E-state index in [0.29, 0.717) is 25.2 Å². The summed E-state index contributed by atoms with van der Waals surface area (Å²) in [7, 11) is 0. The molecule has 1 saturated heterocycles. The number of hydrogen-bond donors (Lipinski definition) is 0. The van der Waals surface area contributed by atoms with Gasteiger partial charge in [-0.2, -0.15) is 0 Å². The predicted molar refractivity (Wildman–Crippen MR) is 72.9 cm³/mol. The maximum absolute atomic E-state index is 12.2. The highest BCUT2D eigenvalue weighted by Gasteiger charge is 2.64. The zero-order valence-corrected chi connectivity index (χ0v) is 12.9. The number of carbonyl (C=O) groups excluding carboxylic acids is 2. The number of ether oxygens (including phenoxy) is 1. The summed E-state index contributed by atoms with van der Waals surface area (Å²) in [5, 5.41) is 0. The first kappa shape index (κ1) is 14.4. The van der Waals surface area contributed by atoms with Gasteiger partial charge >= 0.3 is 6.09 Å². The summed E-state index contributed by atoms with van der Waals surface area (Å²) in [5.74, 6) is 0.318. The van der Waals surface area contributed by atoms with Crippen LogP contribution in [0.25, 0.3) is 0 Å². The summed E-state index contributed by atoms with van der Waals surface area (Å²) in [5.41, 5.74) is -0.486. The van der Waals surface area contributed by atoms with Crippen LogP contribution in [0, 0.1) is 10.8 Å². The molecule has 4 nitrogen and oxygen atoms in total. The minimum absolute atomic E-state index is 0.0201. The van der Waals surface area contributed by atoms with E-state index in [4.69, 9.17) is 4.74 Å². The SMILES string of the molecule is CC(C)(C)OC(=O)N1CC2(CC(=O)C2)C1C(C)(C)C. The Morgan fingerprint density at radius 1 is 1.21 bits per heavy atom. The standard InChI is InChI=1S/C15H25NO3/c1-13(2,3)11-15(7-10(17)8-15)9-16(11)12(18)19-14(4,5)6/h11H,7-9H2,1-6H3. The van der Waals surface area contributed by atoms with E-state index in [0.717, 1.165) is 0 Å². The third-order valence-corrected chi connectivity index (χ3v) is 3.92. The number of amides is 1. The highest BCUT2D eigenvalue weighted by atomic mass is 16.6. The fourth-order valence-electron chi connectivity index (χ4n) is 3.65. The van der Waals surface area contributed by atoms with Gasteiger partial charge in [0, 0.05) is 30.8 Å². The Labute approximate surface area is 115 Å². The molecule has 0 N–H and O–H groups in total. The van der Waals surface area contributed by atoms with Crippen LogP contribution in [0.3, 0.4) is 0 Å². The second kappa shape index (κ2) is 3.97. The largest absolute Gasteiger partial charge is 0.444 e. The first-order valence-corrected chi connectivity index (χ1v) is 6.96. The van der Waals surface area contributed by atoms with Crippen LogP contribution in [0.4, 0.5) is 4.79 Å². The van der Waals surface area contributed by atoms with Crippen molar-refractivity contribution in [2.45, 2.75) is 66.0 Å². The monoisotopic (exact) mass is 267 g/mol. The molecule has 0 aromatic heterocycles. The predicted octanol–water partition coefficient (Wildman–Crippen LogP) is 3.00. The lowest BCUT2D eigenvalue weighted by Crippen LogP contribution is -2.74. The molecular weight excluding hydrogens is 242 g/mol. The van der Waals surface area contributed by atoms with E-state index in [1.54, 1.807) is 4.90 Å². The molecule has 1 aliphatic carbocycles. The summed E-state index contributed by atoms with van der Waals surface area (Å²) in [6.07, 6.45) is 0.986. The molecule has 0 bridgehead atoms. The van der Waals surface area contributed by atoms with Crippen molar-refractivity contribution in [1.29, 1.82) is 0 Å². The van der Waals surface area contributed by atoms with Gasteiger partial charge in [0.15, 0.2) is 0 Å². The van der Waals surface area contributed by atoms with Crippen LogP contribution in [-0.4, -0.2) is 35.0 Å². The first-order valence-electron chi connectivity index (χ1n) is 6.96. The van der Waals surface area contributed by atoms with Gasteiger partial charge in [0.05, 0.1) is 0 Å². The number of rotatable bonds is 0. The van der Waals surface area contributed by atoms with Crippen LogP contribution in [0.2, 0.25) is 0 Å². The molecule has 1 atom stereocenters. The van der Waals surface area contributed by atoms with E-state index in [9.17, 15) is 9.59 Å². The molecule has 0 radical (unpaired) electrons.